The molecule has 58 heavy (non-hydrogen) atoms. The zero-order valence-corrected chi connectivity index (χ0v) is 40.8. The van der Waals surface area contributed by atoms with Crippen molar-refractivity contribution in [2.45, 2.75) is 168 Å². The van der Waals surface area contributed by atoms with Gasteiger partial charge in [-0.1, -0.05) is 212 Å². The van der Waals surface area contributed by atoms with Crippen molar-refractivity contribution >= 4 is 12.4 Å². The Labute approximate surface area is 357 Å². The lowest BCUT2D eigenvalue weighted by molar-refractivity contribution is 0.585. The molecule has 0 amide bonds. The lowest BCUT2D eigenvalue weighted by Crippen LogP contribution is -2.11. The normalized spacial score (nSPS) is 11.0. The molecule has 1 N–H and O–H groups in total. The van der Waals surface area contributed by atoms with Crippen molar-refractivity contribution in [1.29, 1.82) is 0 Å². The summed E-state index contributed by atoms with van der Waals surface area (Å²) < 4.78 is 0. The van der Waals surface area contributed by atoms with E-state index >= 15 is 0 Å². The Kier molecular flexibility index (Phi) is 32.1. The molecule has 3 aromatic heterocycles. The number of hydrogen-bond acceptors (Lipinski definition) is 5. The van der Waals surface area contributed by atoms with E-state index in [2.05, 4.69) is 147 Å². The van der Waals surface area contributed by atoms with Gasteiger partial charge in [0.15, 0.2) is 6.17 Å². The average molecular weight is 793 g/mol. The molecule has 5 aromatic rings. The molecule has 322 valence electrons. The fourth-order valence-corrected chi connectivity index (χ4v) is 4.60. The molecule has 0 fully saturated rings. The van der Waals surface area contributed by atoms with Crippen molar-refractivity contribution in [3.8, 4) is 22.6 Å². The quantitative estimate of drug-likeness (QED) is 0.198. The first-order chi connectivity index (χ1) is 27.7. The monoisotopic (exact) mass is 793 g/mol. The first kappa shape index (κ1) is 57.6. The van der Waals surface area contributed by atoms with Crippen molar-refractivity contribution in [3.63, 3.8) is 0 Å². The van der Waals surface area contributed by atoms with Crippen LogP contribution < -0.4 is 0 Å². The number of aromatic nitrogens is 4. The minimum absolute atomic E-state index is 0.126. The summed E-state index contributed by atoms with van der Waals surface area (Å²) in [5, 5.41) is 0. The highest BCUT2D eigenvalue weighted by Gasteiger charge is 2.17. The Hall–Kier alpha value is -4.71. The fraction of sp³-hybridized carbons (Fsp3) is 0.481. The van der Waals surface area contributed by atoms with Gasteiger partial charge in [-0.05, 0) is 45.1 Å². The van der Waals surface area contributed by atoms with Crippen LogP contribution in [0.15, 0.2) is 114 Å². The maximum Gasteiger partial charge on any atom is 0.181 e. The van der Waals surface area contributed by atoms with E-state index in [0.717, 1.165) is 22.8 Å². The molecular weight excluding hydrogens is 709 g/mol. The first-order valence-electron chi connectivity index (χ1n) is 21.9. The lowest BCUT2D eigenvalue weighted by atomic mass is 9.87. The molecule has 1 aliphatic rings. The van der Waals surface area contributed by atoms with Crippen LogP contribution in [0.1, 0.15) is 174 Å². The van der Waals surface area contributed by atoms with E-state index in [1.54, 1.807) is 18.6 Å². The summed E-state index contributed by atoms with van der Waals surface area (Å²) in [6.07, 6.45) is 10.8. The Morgan fingerprint density at radius 3 is 1.22 bits per heavy atom. The molecule has 0 spiro atoms. The van der Waals surface area contributed by atoms with E-state index in [9.17, 15) is 0 Å². The summed E-state index contributed by atoms with van der Waals surface area (Å²) in [6.45, 7) is 43.8. The number of rotatable bonds is 3. The molecule has 0 radical (unpaired) electrons. The Bertz CT molecular complexity index is 1670. The third kappa shape index (κ3) is 21.7. The first-order valence-corrected chi connectivity index (χ1v) is 21.9. The van der Waals surface area contributed by atoms with E-state index in [0.29, 0.717) is 0 Å². The highest BCUT2D eigenvalue weighted by atomic mass is 15.1. The Morgan fingerprint density at radius 2 is 0.862 bits per heavy atom. The second kappa shape index (κ2) is 32.3. The highest BCUT2D eigenvalue weighted by Crippen LogP contribution is 2.26. The number of pyridine rings is 2. The standard InChI is InChI=1S/C15H17N.C13H16N2.C12H15N3.6C2H6/c1-15(2,3)13-9-10-14(16-11-13)12-7-5-4-6-8-12;1-13(2,3)11-6-4-10(5-7-11)12-14-8-9-15-12;1-12(2,3)9-4-5-10(15-8-9)11-13-6-7-14-11;6*1-2/h4-11H,1-3H3;4-9H,1-3H3,(H,14,15);4-8,11H,1-3H3;6*1-2H3. The summed E-state index contributed by atoms with van der Waals surface area (Å²) in [7, 11) is 0. The minimum Gasteiger partial charge on any atom is -0.345 e. The summed E-state index contributed by atoms with van der Waals surface area (Å²) in [5.41, 5.74) is 8.62. The maximum absolute atomic E-state index is 4.52. The van der Waals surface area contributed by atoms with Crippen LogP contribution in [0.4, 0.5) is 0 Å². The van der Waals surface area contributed by atoms with Gasteiger partial charge < -0.3 is 4.98 Å². The summed E-state index contributed by atoms with van der Waals surface area (Å²) in [4.78, 5) is 24.6. The topological polar surface area (TPSA) is 79.2 Å². The smallest absolute Gasteiger partial charge is 0.181 e. The molecule has 6 rings (SSSR count). The van der Waals surface area contributed by atoms with E-state index < -0.39 is 0 Å². The SMILES string of the molecule is CC.CC.CC.CC.CC.CC.CC(C)(C)c1ccc(-c2ccccc2)nc1.CC(C)(C)c1ccc(-c2ncc[nH]2)cc1.CC(C)(C)c1ccc(C2N=CC=N2)nc1. The predicted octanol–water partition coefficient (Wildman–Crippen LogP) is 16.1. The fourth-order valence-electron chi connectivity index (χ4n) is 4.60. The van der Waals surface area contributed by atoms with E-state index in [1.807, 2.05) is 126 Å². The van der Waals surface area contributed by atoms with Gasteiger partial charge in [0, 0.05) is 48.3 Å². The van der Waals surface area contributed by atoms with Gasteiger partial charge in [-0.2, -0.15) is 0 Å². The zero-order chi connectivity index (χ0) is 45.4. The molecule has 0 atom stereocenters. The number of aliphatic imine (C=N–C) groups is 2. The summed E-state index contributed by atoms with van der Waals surface area (Å²) in [6, 6.07) is 27.2. The largest absolute Gasteiger partial charge is 0.345 e. The number of hydrogen-bond donors (Lipinski definition) is 1. The number of H-pyrrole nitrogens is 1. The Morgan fingerprint density at radius 1 is 0.431 bits per heavy atom. The van der Waals surface area contributed by atoms with Crippen LogP contribution >= 0.6 is 0 Å². The van der Waals surface area contributed by atoms with Gasteiger partial charge in [0.2, 0.25) is 0 Å². The summed E-state index contributed by atoms with van der Waals surface area (Å²) in [5.74, 6) is 0.926. The molecule has 6 nitrogen and oxygen atoms in total. The predicted molar refractivity (Wildman–Crippen MR) is 262 cm³/mol. The van der Waals surface area contributed by atoms with Crippen LogP contribution in [0, 0.1) is 0 Å². The molecule has 0 bridgehead atoms. The second-order valence-corrected chi connectivity index (χ2v) is 14.5. The molecule has 6 heteroatoms. The van der Waals surface area contributed by atoms with Gasteiger partial charge in [-0.3, -0.25) is 20.0 Å². The van der Waals surface area contributed by atoms with Crippen LogP contribution in [0.2, 0.25) is 0 Å². The van der Waals surface area contributed by atoms with Crippen LogP contribution in [0.25, 0.3) is 22.6 Å². The second-order valence-electron chi connectivity index (χ2n) is 14.5. The molecule has 0 aliphatic carbocycles. The van der Waals surface area contributed by atoms with E-state index in [-0.39, 0.29) is 22.4 Å². The third-order valence-corrected chi connectivity index (χ3v) is 7.66. The van der Waals surface area contributed by atoms with Gasteiger partial charge in [-0.15, -0.1) is 0 Å². The lowest BCUT2D eigenvalue weighted by Gasteiger charge is -2.18. The van der Waals surface area contributed by atoms with Gasteiger partial charge in [0.25, 0.3) is 0 Å². The van der Waals surface area contributed by atoms with Crippen LogP contribution in [0.5, 0.6) is 0 Å². The van der Waals surface area contributed by atoms with Crippen molar-refractivity contribution in [3.05, 3.63) is 126 Å². The number of benzene rings is 2. The van der Waals surface area contributed by atoms with Crippen molar-refractivity contribution in [2.75, 3.05) is 0 Å². The third-order valence-electron chi connectivity index (χ3n) is 7.66. The molecule has 4 heterocycles. The summed E-state index contributed by atoms with van der Waals surface area (Å²) >= 11 is 0. The number of imidazole rings is 1. The van der Waals surface area contributed by atoms with Crippen LogP contribution in [-0.2, 0) is 16.2 Å². The van der Waals surface area contributed by atoms with Crippen LogP contribution in [0.3, 0.4) is 0 Å². The number of aromatic amines is 1. The maximum atomic E-state index is 4.52. The molecule has 0 unspecified atom stereocenters. The minimum atomic E-state index is -0.126. The van der Waals surface area contributed by atoms with Crippen molar-refractivity contribution in [2.24, 2.45) is 9.98 Å². The van der Waals surface area contributed by atoms with Crippen molar-refractivity contribution in [1.82, 2.24) is 19.9 Å². The average Bonchev–Trinajstić information content (AvgIpc) is 4.02. The van der Waals surface area contributed by atoms with Gasteiger partial charge >= 0.3 is 0 Å². The molecule has 0 saturated heterocycles. The van der Waals surface area contributed by atoms with E-state index in [1.165, 1.54) is 22.3 Å². The van der Waals surface area contributed by atoms with Gasteiger partial charge in [-0.25, -0.2) is 4.98 Å². The molecule has 2 aromatic carbocycles. The molecular formula is C52H84N6. The molecule has 0 saturated carbocycles. The Balaban J connectivity index is -0.000000691. The molecule has 1 aliphatic heterocycles. The number of nitrogens with zero attached hydrogens (tertiary/aromatic N) is 5. The van der Waals surface area contributed by atoms with Gasteiger partial charge in [0.05, 0.1) is 11.4 Å². The van der Waals surface area contributed by atoms with Crippen molar-refractivity contribution < 1.29 is 0 Å². The highest BCUT2D eigenvalue weighted by molar-refractivity contribution is 6.17. The van der Waals surface area contributed by atoms with Crippen LogP contribution in [-0.4, -0.2) is 32.4 Å². The van der Waals surface area contributed by atoms with Gasteiger partial charge in [0.1, 0.15) is 5.82 Å². The zero-order valence-electron chi connectivity index (χ0n) is 40.8. The van der Waals surface area contributed by atoms with E-state index in [4.69, 9.17) is 0 Å². The number of nitrogens with one attached hydrogen (secondary N) is 1.